The van der Waals surface area contributed by atoms with Gasteiger partial charge in [-0.2, -0.15) is 0 Å². The highest BCUT2D eigenvalue weighted by Gasteiger charge is 2.58. The summed E-state index contributed by atoms with van der Waals surface area (Å²) in [6.07, 6.45) is 15.5. The first-order valence-electron chi connectivity index (χ1n) is 13.2. The number of carbonyl (C=O) groups excluding carboxylic acids is 2. The normalized spacial score (nSPS) is 42.9. The summed E-state index contributed by atoms with van der Waals surface area (Å²) in [5, 5.41) is 0. The lowest BCUT2D eigenvalue weighted by Gasteiger charge is -2.56. The fourth-order valence-electron chi connectivity index (χ4n) is 8.32. The van der Waals surface area contributed by atoms with Crippen LogP contribution in [0.25, 0.3) is 0 Å². The molecule has 1 N–H and O–H groups in total. The topological polar surface area (TPSA) is 47.8 Å². The minimum Gasteiger partial charge on any atom is -0.462 e. The van der Waals surface area contributed by atoms with E-state index in [0.29, 0.717) is 30.0 Å². The van der Waals surface area contributed by atoms with Gasteiger partial charge in [-0.3, -0.25) is 9.59 Å². The average molecular weight is 429 g/mol. The fourth-order valence-corrected chi connectivity index (χ4v) is 8.32. The van der Waals surface area contributed by atoms with Gasteiger partial charge in [-0.15, -0.1) is 0 Å². The number of hydrogen-bond donors (Lipinski definition) is 1. The lowest BCUT2D eigenvalue weighted by atomic mass is 9.48. The smallest absolute Gasteiger partial charge is 0.311 e. The summed E-state index contributed by atoms with van der Waals surface area (Å²) in [6.45, 7) is 8.11. The Kier molecular flexibility index (Phi) is 5.82. The van der Waals surface area contributed by atoms with Crippen LogP contribution in [0, 0.1) is 28.6 Å². The number of quaternary nitrogens is 1. The molecule has 0 amide bonds. The third-order valence-corrected chi connectivity index (χ3v) is 10.3. The Morgan fingerprint density at radius 3 is 2.61 bits per heavy atom. The minimum atomic E-state index is -0.0497. The highest BCUT2D eigenvalue weighted by Crippen LogP contribution is 2.64. The lowest BCUT2D eigenvalue weighted by molar-refractivity contribution is -0.904. The number of ketones is 1. The second-order valence-corrected chi connectivity index (χ2v) is 11.8. The van der Waals surface area contributed by atoms with Crippen molar-refractivity contribution in [3.63, 3.8) is 0 Å². The molecular formula is C27H42NO3+. The Bertz CT molecular complexity index is 754. The number of carbonyl (C=O) groups is 2. The molecule has 172 valence electrons. The first kappa shape index (κ1) is 21.7. The van der Waals surface area contributed by atoms with Gasteiger partial charge in [0.15, 0.2) is 0 Å². The van der Waals surface area contributed by atoms with E-state index < -0.39 is 0 Å². The van der Waals surface area contributed by atoms with Crippen LogP contribution >= 0.6 is 0 Å². The summed E-state index contributed by atoms with van der Waals surface area (Å²) >= 11 is 0. The molecule has 6 atom stereocenters. The van der Waals surface area contributed by atoms with Crippen molar-refractivity contribution in [1.29, 1.82) is 0 Å². The molecule has 0 aromatic heterocycles. The monoisotopic (exact) mass is 428 g/mol. The maximum Gasteiger partial charge on any atom is 0.311 e. The van der Waals surface area contributed by atoms with Gasteiger partial charge >= 0.3 is 5.97 Å². The van der Waals surface area contributed by atoms with Gasteiger partial charge in [-0.1, -0.05) is 25.5 Å². The molecule has 4 aliphatic carbocycles. The van der Waals surface area contributed by atoms with E-state index in [-0.39, 0.29) is 22.9 Å². The highest BCUT2D eigenvalue weighted by molar-refractivity contribution is 5.87. The van der Waals surface area contributed by atoms with Gasteiger partial charge in [-0.25, -0.2) is 0 Å². The van der Waals surface area contributed by atoms with Crippen molar-refractivity contribution in [1.82, 2.24) is 0 Å². The molecule has 4 nitrogen and oxygen atoms in total. The Hall–Kier alpha value is -1.16. The summed E-state index contributed by atoms with van der Waals surface area (Å²) in [5.41, 5.74) is 1.75. The van der Waals surface area contributed by atoms with Crippen molar-refractivity contribution in [3.05, 3.63) is 11.6 Å². The third-order valence-electron chi connectivity index (χ3n) is 10.3. The van der Waals surface area contributed by atoms with E-state index in [1.54, 1.807) is 10.5 Å². The molecule has 1 heterocycles. The number of hydrogen-bond acceptors (Lipinski definition) is 3. The Balaban J connectivity index is 1.20. The molecule has 1 aliphatic heterocycles. The zero-order valence-electron chi connectivity index (χ0n) is 19.7. The second-order valence-electron chi connectivity index (χ2n) is 11.8. The molecule has 0 spiro atoms. The number of esters is 1. The molecule has 3 saturated carbocycles. The molecule has 0 bridgehead atoms. The number of allylic oxidation sites excluding steroid dienone is 1. The van der Waals surface area contributed by atoms with Crippen LogP contribution in [0.4, 0.5) is 0 Å². The number of Topliss-reactive ketones (excluding diaryl/α,β-unsaturated/α-hetero) is 1. The molecule has 0 radical (unpaired) electrons. The van der Waals surface area contributed by atoms with Crippen LogP contribution in [0.15, 0.2) is 11.6 Å². The maximum absolute atomic E-state index is 12.6. The average Bonchev–Trinajstić information content (AvgIpc) is 3.08. The quantitative estimate of drug-likeness (QED) is 0.546. The zero-order valence-corrected chi connectivity index (χ0v) is 19.7. The van der Waals surface area contributed by atoms with Crippen LogP contribution < -0.4 is 4.90 Å². The lowest BCUT2D eigenvalue weighted by Crippen LogP contribution is -3.12. The van der Waals surface area contributed by atoms with Gasteiger partial charge in [0.05, 0.1) is 26.1 Å². The van der Waals surface area contributed by atoms with Crippen molar-refractivity contribution in [2.45, 2.75) is 97.0 Å². The standard InChI is InChI=1S/C27H41NO3/c1-26-13-10-20(31-25(30)12-17-28-15-4-3-5-16-28)18-19(26)6-7-21-22-8-9-24(29)27(22,2)14-11-23(21)26/h6,20-23H,3-5,7-18H2,1-2H3/p+1/t20-,21+,22-,23+,26+,27-/m1/s1. The van der Waals surface area contributed by atoms with Crippen molar-refractivity contribution < 1.29 is 19.2 Å². The molecule has 4 fully saturated rings. The third kappa shape index (κ3) is 3.81. The van der Waals surface area contributed by atoms with Crippen molar-refractivity contribution in [2.75, 3.05) is 19.6 Å². The van der Waals surface area contributed by atoms with E-state index in [4.69, 9.17) is 4.74 Å². The number of likely N-dealkylation sites (tertiary alicyclic amines) is 1. The van der Waals surface area contributed by atoms with E-state index in [9.17, 15) is 9.59 Å². The number of fused-ring (bicyclic) bond motifs is 5. The highest BCUT2D eigenvalue weighted by atomic mass is 16.5. The van der Waals surface area contributed by atoms with Gasteiger partial charge in [0.1, 0.15) is 11.9 Å². The summed E-state index contributed by atoms with van der Waals surface area (Å²) in [7, 11) is 0. The van der Waals surface area contributed by atoms with Crippen LogP contribution in [0.2, 0.25) is 0 Å². The van der Waals surface area contributed by atoms with Gasteiger partial charge in [0.25, 0.3) is 0 Å². The molecule has 5 rings (SSSR count). The van der Waals surface area contributed by atoms with Gasteiger partial charge in [0.2, 0.25) is 0 Å². The van der Waals surface area contributed by atoms with Crippen LogP contribution in [-0.2, 0) is 14.3 Å². The predicted octanol–water partition coefficient (Wildman–Crippen LogP) is 3.89. The van der Waals surface area contributed by atoms with Crippen molar-refractivity contribution >= 4 is 11.8 Å². The molecule has 0 aromatic rings. The molecule has 4 heteroatoms. The minimum absolute atomic E-state index is 0.0128. The zero-order chi connectivity index (χ0) is 21.6. The van der Waals surface area contributed by atoms with E-state index >= 15 is 0 Å². The summed E-state index contributed by atoms with van der Waals surface area (Å²) in [5.74, 6) is 2.50. The number of piperidine rings is 1. The fraction of sp³-hybridized carbons (Fsp3) is 0.852. The van der Waals surface area contributed by atoms with Crippen molar-refractivity contribution in [2.24, 2.45) is 28.6 Å². The maximum atomic E-state index is 12.6. The Labute approximate surface area is 188 Å². The van der Waals surface area contributed by atoms with Crippen LogP contribution in [0.1, 0.15) is 90.9 Å². The number of rotatable bonds is 4. The van der Waals surface area contributed by atoms with Gasteiger partial charge in [-0.05, 0) is 81.0 Å². The van der Waals surface area contributed by atoms with Crippen LogP contribution in [0.3, 0.4) is 0 Å². The first-order chi connectivity index (χ1) is 14.9. The SMILES string of the molecule is C[C@@]12CC[C@H]3[C@@H](CC=C4C[C@H](OC(=O)CC[NH+]5CCCCC5)CC[C@@]43C)[C@H]1CCC2=O. The van der Waals surface area contributed by atoms with E-state index in [2.05, 4.69) is 19.9 Å². The Morgan fingerprint density at radius 1 is 1.06 bits per heavy atom. The molecular weight excluding hydrogens is 386 g/mol. The second kappa shape index (κ2) is 8.32. The summed E-state index contributed by atoms with van der Waals surface area (Å²) < 4.78 is 5.97. The number of ether oxygens (including phenoxy) is 1. The first-order valence-corrected chi connectivity index (χ1v) is 13.2. The predicted molar refractivity (Wildman–Crippen MR) is 121 cm³/mol. The molecule has 31 heavy (non-hydrogen) atoms. The summed E-state index contributed by atoms with van der Waals surface area (Å²) in [4.78, 5) is 26.7. The molecule has 0 unspecified atom stereocenters. The Morgan fingerprint density at radius 2 is 1.81 bits per heavy atom. The molecule has 5 aliphatic rings. The van der Waals surface area contributed by atoms with E-state index in [0.717, 1.165) is 51.5 Å². The van der Waals surface area contributed by atoms with E-state index in [1.807, 2.05) is 0 Å². The van der Waals surface area contributed by atoms with Gasteiger partial charge < -0.3 is 9.64 Å². The van der Waals surface area contributed by atoms with Crippen LogP contribution in [-0.4, -0.2) is 37.5 Å². The summed E-state index contributed by atoms with van der Waals surface area (Å²) in [6, 6.07) is 0. The number of nitrogens with one attached hydrogen (secondary N) is 1. The van der Waals surface area contributed by atoms with E-state index in [1.165, 1.54) is 38.8 Å². The van der Waals surface area contributed by atoms with Crippen LogP contribution in [0.5, 0.6) is 0 Å². The molecule has 0 aromatic carbocycles. The molecule has 1 saturated heterocycles. The van der Waals surface area contributed by atoms with Crippen molar-refractivity contribution in [3.8, 4) is 0 Å². The van der Waals surface area contributed by atoms with Gasteiger partial charge in [0, 0.05) is 18.3 Å². The largest absolute Gasteiger partial charge is 0.462 e.